The van der Waals surface area contributed by atoms with Crippen molar-refractivity contribution in [1.82, 2.24) is 4.90 Å². The van der Waals surface area contributed by atoms with Crippen LogP contribution in [0, 0.1) is 6.92 Å². The number of amides is 1. The molecular weight excluding hydrogens is 482 g/mol. The number of hydrogen-bond acceptors (Lipinski definition) is 6. The fraction of sp³-hybridized carbons (Fsp3) is 0.258. The van der Waals surface area contributed by atoms with Gasteiger partial charge in [0.05, 0.1) is 29.9 Å². The molecule has 38 heavy (non-hydrogen) atoms. The molecule has 0 saturated carbocycles. The number of likely N-dealkylation sites (tertiary alicyclic amines) is 1. The van der Waals surface area contributed by atoms with E-state index in [0.29, 0.717) is 29.0 Å². The second kappa shape index (κ2) is 11.3. The number of aliphatic hydroxyl groups is 1. The zero-order valence-electron chi connectivity index (χ0n) is 21.9. The molecular formula is C31H31NO6. The van der Waals surface area contributed by atoms with Crippen LogP contribution in [0.2, 0.25) is 0 Å². The van der Waals surface area contributed by atoms with Crippen LogP contribution in [0.5, 0.6) is 5.75 Å². The average molecular weight is 514 g/mol. The van der Waals surface area contributed by atoms with E-state index >= 15 is 0 Å². The highest BCUT2D eigenvalue weighted by Crippen LogP contribution is 2.40. The summed E-state index contributed by atoms with van der Waals surface area (Å²) in [5.74, 6) is -1.60. The van der Waals surface area contributed by atoms with E-state index in [1.165, 1.54) is 4.90 Å². The van der Waals surface area contributed by atoms with Crippen LogP contribution in [-0.4, -0.2) is 40.4 Å². The molecule has 1 amide bonds. The van der Waals surface area contributed by atoms with Crippen LogP contribution in [0.4, 0.5) is 0 Å². The summed E-state index contributed by atoms with van der Waals surface area (Å²) in [5.41, 5.74) is 3.20. The molecule has 4 rings (SSSR count). The van der Waals surface area contributed by atoms with Gasteiger partial charge in [-0.25, -0.2) is 4.79 Å². The van der Waals surface area contributed by atoms with Gasteiger partial charge in [0.15, 0.2) is 0 Å². The molecule has 0 aliphatic carbocycles. The van der Waals surface area contributed by atoms with E-state index in [9.17, 15) is 19.5 Å². The lowest BCUT2D eigenvalue weighted by Gasteiger charge is -2.26. The molecule has 1 unspecified atom stereocenters. The first-order valence-corrected chi connectivity index (χ1v) is 12.6. The molecule has 0 radical (unpaired) electrons. The SMILES string of the molecule is CCOc1cccc(/C(O)=C2\C(=O)C(=O)N(Cc3ccc(C(=O)OC(C)C)cc3)C2c2cccc(C)c2)c1. The zero-order chi connectivity index (χ0) is 27.4. The van der Waals surface area contributed by atoms with Crippen molar-refractivity contribution in [2.45, 2.75) is 46.4 Å². The molecule has 7 nitrogen and oxygen atoms in total. The lowest BCUT2D eigenvalue weighted by Crippen LogP contribution is -2.29. The average Bonchev–Trinajstić information content (AvgIpc) is 3.13. The summed E-state index contributed by atoms with van der Waals surface area (Å²) in [6, 6.07) is 20.3. The third-order valence-corrected chi connectivity index (χ3v) is 6.20. The maximum atomic E-state index is 13.3. The molecule has 7 heteroatoms. The van der Waals surface area contributed by atoms with Crippen molar-refractivity contribution in [3.05, 3.63) is 106 Å². The van der Waals surface area contributed by atoms with Crippen LogP contribution < -0.4 is 4.74 Å². The van der Waals surface area contributed by atoms with E-state index in [0.717, 1.165) is 11.1 Å². The second-order valence-electron chi connectivity index (χ2n) is 9.45. The third kappa shape index (κ3) is 5.62. The molecule has 1 fully saturated rings. The van der Waals surface area contributed by atoms with Gasteiger partial charge in [0.2, 0.25) is 0 Å². The lowest BCUT2D eigenvalue weighted by molar-refractivity contribution is -0.140. The van der Waals surface area contributed by atoms with Crippen LogP contribution in [0.15, 0.2) is 78.4 Å². The van der Waals surface area contributed by atoms with Gasteiger partial charge >= 0.3 is 5.97 Å². The molecule has 0 bridgehead atoms. The van der Waals surface area contributed by atoms with E-state index in [4.69, 9.17) is 9.47 Å². The third-order valence-electron chi connectivity index (χ3n) is 6.20. The van der Waals surface area contributed by atoms with Crippen LogP contribution in [0.3, 0.4) is 0 Å². The Bertz CT molecular complexity index is 1390. The smallest absolute Gasteiger partial charge is 0.338 e. The summed E-state index contributed by atoms with van der Waals surface area (Å²) < 4.78 is 10.8. The van der Waals surface area contributed by atoms with Crippen molar-refractivity contribution in [2.75, 3.05) is 6.61 Å². The predicted octanol–water partition coefficient (Wildman–Crippen LogP) is 5.58. The number of ketones is 1. The Morgan fingerprint density at radius 1 is 0.974 bits per heavy atom. The Morgan fingerprint density at radius 3 is 2.34 bits per heavy atom. The largest absolute Gasteiger partial charge is 0.507 e. The van der Waals surface area contributed by atoms with Gasteiger partial charge < -0.3 is 19.5 Å². The fourth-order valence-electron chi connectivity index (χ4n) is 4.51. The molecule has 1 aliphatic heterocycles. The monoisotopic (exact) mass is 513 g/mol. The van der Waals surface area contributed by atoms with Crippen molar-refractivity contribution in [2.24, 2.45) is 0 Å². The number of ether oxygens (including phenoxy) is 2. The van der Waals surface area contributed by atoms with E-state index in [1.54, 1.807) is 62.4 Å². The predicted molar refractivity (Wildman–Crippen MR) is 144 cm³/mol. The maximum absolute atomic E-state index is 13.3. The molecule has 196 valence electrons. The summed E-state index contributed by atoms with van der Waals surface area (Å²) in [6.07, 6.45) is -0.238. The van der Waals surface area contributed by atoms with Crippen molar-refractivity contribution >= 4 is 23.4 Å². The Kier molecular flexibility index (Phi) is 7.96. The van der Waals surface area contributed by atoms with Gasteiger partial charge in [-0.3, -0.25) is 9.59 Å². The maximum Gasteiger partial charge on any atom is 0.338 e. The van der Waals surface area contributed by atoms with Gasteiger partial charge in [-0.1, -0.05) is 54.1 Å². The van der Waals surface area contributed by atoms with Crippen molar-refractivity contribution in [3.63, 3.8) is 0 Å². The van der Waals surface area contributed by atoms with E-state index in [2.05, 4.69) is 0 Å². The summed E-state index contributed by atoms with van der Waals surface area (Å²) in [4.78, 5) is 40.3. The standard InChI is InChI=1S/C31H31NO6/c1-5-37-25-11-7-10-24(17-25)28(33)26-27(23-9-6-8-20(4)16-23)32(30(35)29(26)34)18-21-12-14-22(15-13-21)31(36)38-19(2)3/h6-17,19,27,33H,5,18H2,1-4H3/b28-26+. The van der Waals surface area contributed by atoms with E-state index in [-0.39, 0.29) is 24.0 Å². The Labute approximate surface area is 222 Å². The Morgan fingerprint density at radius 2 is 1.68 bits per heavy atom. The van der Waals surface area contributed by atoms with Gasteiger partial charge in [0.1, 0.15) is 11.5 Å². The van der Waals surface area contributed by atoms with Crippen molar-refractivity contribution in [3.8, 4) is 5.75 Å². The van der Waals surface area contributed by atoms with Crippen LogP contribution in [0.1, 0.15) is 59.4 Å². The highest BCUT2D eigenvalue weighted by molar-refractivity contribution is 6.46. The van der Waals surface area contributed by atoms with Gasteiger partial charge in [-0.2, -0.15) is 0 Å². The van der Waals surface area contributed by atoms with Gasteiger partial charge in [-0.05, 0) is 63.1 Å². The molecule has 1 N–H and O–H groups in total. The van der Waals surface area contributed by atoms with E-state index in [1.807, 2.05) is 38.1 Å². The Hall–Kier alpha value is -4.39. The minimum Gasteiger partial charge on any atom is -0.507 e. The van der Waals surface area contributed by atoms with Crippen molar-refractivity contribution in [1.29, 1.82) is 0 Å². The number of aliphatic hydroxyl groups excluding tert-OH is 1. The summed E-state index contributed by atoms with van der Waals surface area (Å²) in [7, 11) is 0. The number of hydrogen-bond donors (Lipinski definition) is 1. The van der Waals surface area contributed by atoms with Gasteiger partial charge in [-0.15, -0.1) is 0 Å². The number of nitrogens with zero attached hydrogens (tertiary/aromatic N) is 1. The van der Waals surface area contributed by atoms with Crippen LogP contribution in [-0.2, 0) is 20.9 Å². The highest BCUT2D eigenvalue weighted by atomic mass is 16.5. The molecule has 1 aliphatic rings. The molecule has 1 heterocycles. The van der Waals surface area contributed by atoms with Crippen LogP contribution >= 0.6 is 0 Å². The topological polar surface area (TPSA) is 93.1 Å². The summed E-state index contributed by atoms with van der Waals surface area (Å²) >= 11 is 0. The quantitative estimate of drug-likeness (QED) is 0.183. The van der Waals surface area contributed by atoms with Crippen LogP contribution in [0.25, 0.3) is 5.76 Å². The number of carbonyl (C=O) groups is 3. The first-order chi connectivity index (χ1) is 18.2. The molecule has 0 spiro atoms. The molecule has 1 saturated heterocycles. The number of aryl methyl sites for hydroxylation is 1. The molecule has 3 aromatic carbocycles. The second-order valence-corrected chi connectivity index (χ2v) is 9.45. The molecule has 1 atom stereocenters. The number of rotatable bonds is 8. The normalized spacial score (nSPS) is 16.7. The first-order valence-electron chi connectivity index (χ1n) is 12.6. The summed E-state index contributed by atoms with van der Waals surface area (Å²) in [6.45, 7) is 7.90. The number of Topliss-reactive ketones (excluding diaryl/α,β-unsaturated/α-hetero) is 1. The van der Waals surface area contributed by atoms with Crippen molar-refractivity contribution < 1.29 is 29.0 Å². The number of benzene rings is 3. The lowest BCUT2D eigenvalue weighted by atomic mass is 9.94. The Balaban J connectivity index is 1.75. The minimum absolute atomic E-state index is 0.0198. The minimum atomic E-state index is -0.795. The zero-order valence-corrected chi connectivity index (χ0v) is 21.9. The molecule has 3 aromatic rings. The summed E-state index contributed by atoms with van der Waals surface area (Å²) in [5, 5.41) is 11.3. The number of carbonyl (C=O) groups excluding carboxylic acids is 3. The van der Waals surface area contributed by atoms with Gasteiger partial charge in [0.25, 0.3) is 11.7 Å². The van der Waals surface area contributed by atoms with Gasteiger partial charge in [0, 0.05) is 12.1 Å². The molecule has 0 aromatic heterocycles. The first kappa shape index (κ1) is 26.7. The fourth-order valence-corrected chi connectivity index (χ4v) is 4.51. The highest BCUT2D eigenvalue weighted by Gasteiger charge is 2.46. The number of esters is 1. The van der Waals surface area contributed by atoms with E-state index < -0.39 is 23.7 Å².